The van der Waals surface area contributed by atoms with Crippen LogP contribution in [0.15, 0.2) is 84.0 Å². The molecular formula is C31H32N4O3. The molecule has 6 rings (SSSR count). The van der Waals surface area contributed by atoms with E-state index in [-0.39, 0.29) is 17.9 Å². The lowest BCUT2D eigenvalue weighted by Crippen LogP contribution is -2.66. The number of para-hydroxylation sites is 1. The largest absolute Gasteiger partial charge is 0.462 e. The topological polar surface area (TPSA) is 65.5 Å². The van der Waals surface area contributed by atoms with Gasteiger partial charge < -0.3 is 9.64 Å². The van der Waals surface area contributed by atoms with E-state index in [4.69, 9.17) is 9.84 Å². The molecule has 0 aliphatic carbocycles. The Labute approximate surface area is 223 Å². The molecule has 0 bridgehead atoms. The number of ether oxygens (including phenoxy) is 1. The lowest BCUT2D eigenvalue weighted by Gasteiger charge is -2.53. The van der Waals surface area contributed by atoms with Gasteiger partial charge in [-0.2, -0.15) is 10.1 Å². The molecule has 3 aromatic carbocycles. The second kappa shape index (κ2) is 9.72. The van der Waals surface area contributed by atoms with E-state index < -0.39 is 5.41 Å². The maximum Gasteiger partial charge on any atom is 0.338 e. The van der Waals surface area contributed by atoms with Crippen molar-refractivity contribution < 1.29 is 14.3 Å². The SMILES string of the molecule is CCOC(=O)c1ccc(N2N=C(C)[C@]3(Cc4ccccc4N4CCN(Cc5ccccc5)C[C@@H]43)C2=O)cc1. The summed E-state index contributed by atoms with van der Waals surface area (Å²) in [5, 5.41) is 6.37. The van der Waals surface area contributed by atoms with Gasteiger partial charge in [0, 0.05) is 31.9 Å². The first-order chi connectivity index (χ1) is 18.5. The maximum atomic E-state index is 14.4. The third kappa shape index (κ3) is 3.98. The fourth-order valence-electron chi connectivity index (χ4n) is 6.24. The Bertz CT molecular complexity index is 1390. The van der Waals surface area contributed by atoms with E-state index in [1.807, 2.05) is 13.0 Å². The Morgan fingerprint density at radius 3 is 2.50 bits per heavy atom. The molecule has 3 heterocycles. The van der Waals surface area contributed by atoms with Crippen molar-refractivity contribution in [2.24, 2.45) is 10.5 Å². The average Bonchev–Trinajstić information content (AvgIpc) is 3.19. The van der Waals surface area contributed by atoms with Gasteiger partial charge in [0.15, 0.2) is 0 Å². The molecule has 7 nitrogen and oxygen atoms in total. The van der Waals surface area contributed by atoms with Gasteiger partial charge in [-0.1, -0.05) is 48.5 Å². The number of anilines is 2. The predicted molar refractivity (Wildman–Crippen MR) is 148 cm³/mol. The molecule has 3 aromatic rings. The van der Waals surface area contributed by atoms with E-state index >= 15 is 0 Å². The number of hydrazone groups is 1. The van der Waals surface area contributed by atoms with Crippen LogP contribution in [0.5, 0.6) is 0 Å². The van der Waals surface area contributed by atoms with Gasteiger partial charge in [0.1, 0.15) is 5.41 Å². The van der Waals surface area contributed by atoms with Crippen LogP contribution < -0.4 is 9.91 Å². The number of nitrogens with zero attached hydrogens (tertiary/aromatic N) is 4. The van der Waals surface area contributed by atoms with Crippen LogP contribution in [-0.2, 0) is 22.5 Å². The van der Waals surface area contributed by atoms with Gasteiger partial charge in [-0.05, 0) is 61.7 Å². The summed E-state index contributed by atoms with van der Waals surface area (Å²) < 4.78 is 5.11. The molecule has 1 saturated heterocycles. The lowest BCUT2D eigenvalue weighted by atomic mass is 9.67. The molecule has 1 amide bonds. The Balaban J connectivity index is 1.34. The van der Waals surface area contributed by atoms with Crippen molar-refractivity contribution >= 4 is 29.0 Å². The van der Waals surface area contributed by atoms with Crippen molar-refractivity contribution in [3.63, 3.8) is 0 Å². The van der Waals surface area contributed by atoms with Crippen molar-refractivity contribution in [1.29, 1.82) is 0 Å². The zero-order chi connectivity index (χ0) is 26.3. The summed E-state index contributed by atoms with van der Waals surface area (Å²) in [5.41, 5.74) is 4.87. The number of carbonyl (C=O) groups is 2. The van der Waals surface area contributed by atoms with E-state index in [1.165, 1.54) is 21.8 Å². The standard InChI is InChI=1S/C31H32N4O3/c1-3-38-29(36)24-13-15-26(16-14-24)35-30(37)31(22(2)32-35)19-25-11-7-8-12-27(25)34-18-17-33(21-28(31)34)20-23-9-5-4-6-10-23/h4-16,28H,3,17-21H2,1-2H3/t28-,31+/m1/s1. The number of benzene rings is 3. The molecule has 0 unspecified atom stereocenters. The molecule has 1 fully saturated rings. The fraction of sp³-hybridized carbons (Fsp3) is 0.323. The molecule has 0 radical (unpaired) electrons. The van der Waals surface area contributed by atoms with Gasteiger partial charge in [-0.3, -0.25) is 9.69 Å². The molecule has 194 valence electrons. The van der Waals surface area contributed by atoms with Gasteiger partial charge in [0.25, 0.3) is 5.91 Å². The van der Waals surface area contributed by atoms with Crippen LogP contribution in [0, 0.1) is 5.41 Å². The third-order valence-corrected chi connectivity index (χ3v) is 8.15. The van der Waals surface area contributed by atoms with Crippen molar-refractivity contribution in [1.82, 2.24) is 4.90 Å². The molecule has 38 heavy (non-hydrogen) atoms. The molecule has 2 atom stereocenters. The Hall–Kier alpha value is -3.97. The van der Waals surface area contributed by atoms with Gasteiger partial charge in [0.2, 0.25) is 0 Å². The molecule has 7 heteroatoms. The van der Waals surface area contributed by atoms with Crippen LogP contribution in [0.4, 0.5) is 11.4 Å². The minimum Gasteiger partial charge on any atom is -0.462 e. The van der Waals surface area contributed by atoms with Crippen LogP contribution in [0.2, 0.25) is 0 Å². The zero-order valence-corrected chi connectivity index (χ0v) is 21.8. The first-order valence-electron chi connectivity index (χ1n) is 13.3. The highest BCUT2D eigenvalue weighted by atomic mass is 16.5. The minimum absolute atomic E-state index is 0.00931. The van der Waals surface area contributed by atoms with Gasteiger partial charge in [0.05, 0.1) is 29.6 Å². The quantitative estimate of drug-likeness (QED) is 0.474. The highest BCUT2D eigenvalue weighted by molar-refractivity contribution is 6.20. The number of fused-ring (bicyclic) bond motifs is 4. The molecule has 0 N–H and O–H groups in total. The lowest BCUT2D eigenvalue weighted by molar-refractivity contribution is -0.125. The average molecular weight is 509 g/mol. The normalized spacial score (nSPS) is 22.7. The molecule has 0 aromatic heterocycles. The van der Waals surface area contributed by atoms with Crippen LogP contribution in [0.3, 0.4) is 0 Å². The highest BCUT2D eigenvalue weighted by Crippen LogP contribution is 2.48. The highest BCUT2D eigenvalue weighted by Gasteiger charge is 2.59. The summed E-state index contributed by atoms with van der Waals surface area (Å²) in [6.45, 7) is 7.50. The third-order valence-electron chi connectivity index (χ3n) is 8.15. The summed E-state index contributed by atoms with van der Waals surface area (Å²) >= 11 is 0. The Kier molecular flexibility index (Phi) is 6.24. The second-order valence-electron chi connectivity index (χ2n) is 10.3. The first-order valence-corrected chi connectivity index (χ1v) is 13.3. The Morgan fingerprint density at radius 2 is 1.74 bits per heavy atom. The van der Waals surface area contributed by atoms with E-state index in [2.05, 4.69) is 58.3 Å². The van der Waals surface area contributed by atoms with Crippen LogP contribution in [0.1, 0.15) is 35.3 Å². The first kappa shape index (κ1) is 24.4. The van der Waals surface area contributed by atoms with Crippen molar-refractivity contribution in [2.75, 3.05) is 36.1 Å². The van der Waals surface area contributed by atoms with Gasteiger partial charge in [-0.25, -0.2) is 4.79 Å². The van der Waals surface area contributed by atoms with E-state index in [9.17, 15) is 9.59 Å². The zero-order valence-electron chi connectivity index (χ0n) is 21.8. The summed E-state index contributed by atoms with van der Waals surface area (Å²) in [4.78, 5) is 31.4. The fourth-order valence-corrected chi connectivity index (χ4v) is 6.24. The molecule has 0 saturated carbocycles. The van der Waals surface area contributed by atoms with Crippen LogP contribution in [-0.4, -0.2) is 54.8 Å². The van der Waals surface area contributed by atoms with E-state index in [0.29, 0.717) is 24.3 Å². The van der Waals surface area contributed by atoms with Crippen molar-refractivity contribution in [3.05, 3.63) is 95.6 Å². The molecule has 1 spiro atoms. The summed E-state index contributed by atoms with van der Waals surface area (Å²) in [6, 6.07) is 25.9. The van der Waals surface area contributed by atoms with Gasteiger partial charge >= 0.3 is 5.97 Å². The molecule has 3 aliphatic heterocycles. The number of piperazine rings is 1. The maximum absolute atomic E-state index is 14.4. The smallest absolute Gasteiger partial charge is 0.338 e. The number of rotatable bonds is 5. The van der Waals surface area contributed by atoms with E-state index in [0.717, 1.165) is 31.9 Å². The second-order valence-corrected chi connectivity index (χ2v) is 10.3. The summed E-state index contributed by atoms with van der Waals surface area (Å²) in [5.74, 6) is -0.381. The number of esters is 1. The monoisotopic (exact) mass is 508 g/mol. The predicted octanol–water partition coefficient (Wildman–Crippen LogP) is 4.52. The number of hydrogen-bond donors (Lipinski definition) is 0. The Morgan fingerprint density at radius 1 is 1.00 bits per heavy atom. The van der Waals surface area contributed by atoms with Gasteiger partial charge in [-0.15, -0.1) is 0 Å². The van der Waals surface area contributed by atoms with E-state index in [1.54, 1.807) is 31.2 Å². The molecular weight excluding hydrogens is 476 g/mol. The van der Waals surface area contributed by atoms with Crippen molar-refractivity contribution in [3.8, 4) is 0 Å². The van der Waals surface area contributed by atoms with Crippen LogP contribution in [0.25, 0.3) is 0 Å². The number of amides is 1. The number of hydrogen-bond acceptors (Lipinski definition) is 6. The number of carbonyl (C=O) groups excluding carboxylic acids is 2. The molecule has 3 aliphatic rings. The minimum atomic E-state index is -0.760. The summed E-state index contributed by atoms with van der Waals surface area (Å²) in [7, 11) is 0. The summed E-state index contributed by atoms with van der Waals surface area (Å²) in [6.07, 6.45) is 0.620. The van der Waals surface area contributed by atoms with Crippen LogP contribution >= 0.6 is 0 Å². The van der Waals surface area contributed by atoms with Crippen molar-refractivity contribution in [2.45, 2.75) is 32.9 Å².